The lowest BCUT2D eigenvalue weighted by Crippen LogP contribution is -2.53. The standard InChI is InChI=1S/C24H31N3O5/c1-4-24(2,3)14-20(27-23(31)32-16-17-9-6-5-7-10-17)21(28)26-19(22(29)30)13-18-11-8-12-25-15-18/h5-12,15,19-20H,4,13-14,16H2,1-3H3,(H,26,28)(H,27,31)(H,29,30)/t19-,20-/m0/s1/i2D,3D. The summed E-state index contributed by atoms with van der Waals surface area (Å²) in [5.41, 5.74) is 0.556. The Hall–Kier alpha value is -3.42. The normalized spacial score (nSPS) is 13.8. The molecule has 0 aliphatic rings. The molecule has 2 amide bonds. The molecule has 8 heteroatoms. The number of nitrogens with zero attached hydrogens (tertiary/aromatic N) is 1. The number of amides is 2. The Bertz CT molecular complexity index is 918. The van der Waals surface area contributed by atoms with Gasteiger partial charge in [0, 0.05) is 21.6 Å². The van der Waals surface area contributed by atoms with Gasteiger partial charge in [0.1, 0.15) is 18.7 Å². The minimum absolute atomic E-state index is 0.00199. The van der Waals surface area contributed by atoms with E-state index in [-0.39, 0.29) is 33.2 Å². The number of nitrogens with one attached hydrogen (secondary N) is 2. The quantitative estimate of drug-likeness (QED) is 0.490. The third-order valence-corrected chi connectivity index (χ3v) is 4.99. The maximum absolute atomic E-state index is 13.1. The molecule has 0 radical (unpaired) electrons. The molecule has 32 heavy (non-hydrogen) atoms. The lowest BCUT2D eigenvalue weighted by molar-refractivity contribution is -0.142. The second-order valence-electron chi connectivity index (χ2n) is 7.78. The summed E-state index contributed by atoms with van der Waals surface area (Å²) in [5.74, 6) is -1.95. The number of hydrogen-bond donors (Lipinski definition) is 3. The second-order valence-corrected chi connectivity index (χ2v) is 7.78. The van der Waals surface area contributed by atoms with Crippen molar-refractivity contribution in [2.24, 2.45) is 5.41 Å². The smallest absolute Gasteiger partial charge is 0.408 e. The first-order valence-corrected chi connectivity index (χ1v) is 10.3. The van der Waals surface area contributed by atoms with Crippen LogP contribution in [-0.4, -0.2) is 40.1 Å². The summed E-state index contributed by atoms with van der Waals surface area (Å²) in [6.45, 7) is 1.58. The molecule has 0 spiro atoms. The van der Waals surface area contributed by atoms with E-state index >= 15 is 0 Å². The molecule has 0 aliphatic heterocycles. The van der Waals surface area contributed by atoms with Crippen molar-refractivity contribution in [1.29, 1.82) is 0 Å². The zero-order valence-corrected chi connectivity index (χ0v) is 18.1. The van der Waals surface area contributed by atoms with Gasteiger partial charge >= 0.3 is 12.1 Å². The summed E-state index contributed by atoms with van der Waals surface area (Å²) in [7, 11) is 0. The molecule has 0 saturated carbocycles. The fourth-order valence-corrected chi connectivity index (χ4v) is 2.92. The first-order valence-electron chi connectivity index (χ1n) is 11.7. The Morgan fingerprint density at radius 2 is 1.81 bits per heavy atom. The van der Waals surface area contributed by atoms with Gasteiger partial charge in [-0.05, 0) is 29.0 Å². The van der Waals surface area contributed by atoms with E-state index in [4.69, 9.17) is 7.48 Å². The third-order valence-electron chi connectivity index (χ3n) is 4.99. The van der Waals surface area contributed by atoms with Crippen molar-refractivity contribution < 1.29 is 27.0 Å². The fraction of sp³-hybridized carbons (Fsp3) is 0.417. The van der Waals surface area contributed by atoms with E-state index < -0.39 is 35.5 Å². The molecule has 1 heterocycles. The minimum Gasteiger partial charge on any atom is -0.480 e. The molecule has 0 unspecified atom stereocenters. The van der Waals surface area contributed by atoms with Gasteiger partial charge < -0.3 is 20.5 Å². The number of pyridine rings is 1. The van der Waals surface area contributed by atoms with Crippen molar-refractivity contribution in [2.45, 2.75) is 58.7 Å². The van der Waals surface area contributed by atoms with Crippen molar-refractivity contribution in [3.05, 3.63) is 66.0 Å². The van der Waals surface area contributed by atoms with Crippen molar-refractivity contribution in [2.75, 3.05) is 0 Å². The summed E-state index contributed by atoms with van der Waals surface area (Å²) in [6, 6.07) is 9.97. The van der Waals surface area contributed by atoms with Gasteiger partial charge in [-0.15, -0.1) is 0 Å². The highest BCUT2D eigenvalue weighted by Gasteiger charge is 2.31. The number of carboxylic acids is 1. The van der Waals surface area contributed by atoms with E-state index in [1.54, 1.807) is 42.6 Å². The van der Waals surface area contributed by atoms with E-state index in [0.717, 1.165) is 5.56 Å². The summed E-state index contributed by atoms with van der Waals surface area (Å²) in [6.07, 6.45) is 2.69. The largest absolute Gasteiger partial charge is 0.480 e. The molecule has 8 nitrogen and oxygen atoms in total. The molecule has 0 bridgehead atoms. The van der Waals surface area contributed by atoms with Gasteiger partial charge in [-0.1, -0.05) is 63.5 Å². The first-order chi connectivity index (χ1) is 16.3. The van der Waals surface area contributed by atoms with Crippen molar-refractivity contribution in [1.82, 2.24) is 15.6 Å². The van der Waals surface area contributed by atoms with Gasteiger partial charge in [0.25, 0.3) is 0 Å². The Kier molecular flexibility index (Phi) is 8.06. The van der Waals surface area contributed by atoms with Crippen LogP contribution < -0.4 is 10.6 Å². The molecule has 1 aromatic heterocycles. The zero-order chi connectivity index (χ0) is 25.0. The molecule has 2 aromatic rings. The zero-order valence-electron chi connectivity index (χ0n) is 20.1. The molecule has 0 fully saturated rings. The number of benzene rings is 1. The van der Waals surface area contributed by atoms with Crippen LogP contribution in [0.5, 0.6) is 0 Å². The highest BCUT2D eigenvalue weighted by atomic mass is 16.5. The maximum Gasteiger partial charge on any atom is 0.408 e. The van der Waals surface area contributed by atoms with Gasteiger partial charge in [-0.2, -0.15) is 0 Å². The summed E-state index contributed by atoms with van der Waals surface area (Å²) in [4.78, 5) is 41.3. The summed E-state index contributed by atoms with van der Waals surface area (Å²) in [5, 5.41) is 14.6. The highest BCUT2D eigenvalue weighted by Crippen LogP contribution is 2.26. The minimum atomic E-state index is -1.25. The van der Waals surface area contributed by atoms with Crippen LogP contribution in [0.25, 0.3) is 0 Å². The first kappa shape index (κ1) is 21.8. The number of aliphatic carboxylic acids is 1. The lowest BCUT2D eigenvalue weighted by atomic mass is 9.83. The van der Waals surface area contributed by atoms with Crippen LogP contribution in [-0.2, 0) is 27.4 Å². The molecule has 172 valence electrons. The fourth-order valence-electron chi connectivity index (χ4n) is 2.92. The van der Waals surface area contributed by atoms with Crippen LogP contribution in [0.1, 0.15) is 47.4 Å². The van der Waals surface area contributed by atoms with E-state index in [1.165, 1.54) is 6.20 Å². The van der Waals surface area contributed by atoms with Crippen LogP contribution in [0.2, 0.25) is 0 Å². The molecule has 0 aliphatic carbocycles. The predicted molar refractivity (Wildman–Crippen MR) is 120 cm³/mol. The second kappa shape index (κ2) is 11.8. The number of carbonyl (C=O) groups excluding carboxylic acids is 2. The van der Waals surface area contributed by atoms with Gasteiger partial charge in [0.05, 0.1) is 0 Å². The number of ether oxygens (including phenoxy) is 1. The Morgan fingerprint density at radius 3 is 2.41 bits per heavy atom. The Labute approximate surface area is 191 Å². The van der Waals surface area contributed by atoms with Gasteiger partial charge in [-0.3, -0.25) is 9.78 Å². The van der Waals surface area contributed by atoms with Crippen LogP contribution in [0.4, 0.5) is 4.79 Å². The molecule has 2 rings (SSSR count). The van der Waals surface area contributed by atoms with Crippen molar-refractivity contribution >= 4 is 18.0 Å². The van der Waals surface area contributed by atoms with E-state index in [1.807, 2.05) is 13.0 Å². The average Bonchev–Trinajstić information content (AvgIpc) is 2.86. The topological polar surface area (TPSA) is 118 Å². The van der Waals surface area contributed by atoms with Gasteiger partial charge in [0.2, 0.25) is 5.91 Å². The molecule has 3 N–H and O–H groups in total. The number of alkyl carbamates (subject to hydrolysis) is 1. The molecule has 2 atom stereocenters. The van der Waals surface area contributed by atoms with Gasteiger partial charge in [-0.25, -0.2) is 9.59 Å². The lowest BCUT2D eigenvalue weighted by Gasteiger charge is -2.29. The number of carbonyl (C=O) groups is 3. The summed E-state index contributed by atoms with van der Waals surface area (Å²) >= 11 is 0. The highest BCUT2D eigenvalue weighted by molar-refractivity contribution is 5.89. The van der Waals surface area contributed by atoms with Crippen LogP contribution in [0.3, 0.4) is 0 Å². The SMILES string of the molecule is [2H]CC(C[2H])(CC)C[C@H](NC(=O)OCc1ccccc1)C(=O)N[C@@H](Cc1cccnc1)C(=O)O. The average molecular weight is 444 g/mol. The molecule has 0 saturated heterocycles. The molecule has 1 aromatic carbocycles. The number of hydrogen-bond acceptors (Lipinski definition) is 5. The van der Waals surface area contributed by atoms with Crippen LogP contribution >= 0.6 is 0 Å². The van der Waals surface area contributed by atoms with E-state index in [2.05, 4.69) is 15.6 Å². The third kappa shape index (κ3) is 8.37. The van der Waals surface area contributed by atoms with Crippen LogP contribution in [0.15, 0.2) is 54.9 Å². The number of aromatic nitrogens is 1. The maximum atomic E-state index is 13.1. The Balaban J connectivity index is 2.14. The van der Waals surface area contributed by atoms with E-state index in [0.29, 0.717) is 12.0 Å². The molecular weight excluding hydrogens is 410 g/mol. The van der Waals surface area contributed by atoms with Gasteiger partial charge in [0.15, 0.2) is 0 Å². The number of rotatable bonds is 11. The summed E-state index contributed by atoms with van der Waals surface area (Å²) < 4.78 is 21.0. The Morgan fingerprint density at radius 1 is 1.09 bits per heavy atom. The van der Waals surface area contributed by atoms with Crippen molar-refractivity contribution in [3.63, 3.8) is 0 Å². The van der Waals surface area contributed by atoms with E-state index in [9.17, 15) is 19.5 Å². The van der Waals surface area contributed by atoms with Crippen LogP contribution in [0, 0.1) is 5.41 Å². The molecular formula is C24H31N3O5. The monoisotopic (exact) mass is 443 g/mol. The predicted octanol–water partition coefficient (Wildman–Crippen LogP) is 3.31. The number of carboxylic acid groups (broad SMARTS) is 1. The van der Waals surface area contributed by atoms with Crippen molar-refractivity contribution in [3.8, 4) is 0 Å².